The van der Waals surface area contributed by atoms with E-state index < -0.39 is 0 Å². The Morgan fingerprint density at radius 1 is 1.05 bits per heavy atom. The van der Waals surface area contributed by atoms with Crippen molar-refractivity contribution in [3.8, 4) is 0 Å². The van der Waals surface area contributed by atoms with Gasteiger partial charge < -0.3 is 5.32 Å². The fourth-order valence-corrected chi connectivity index (χ4v) is 3.42. The zero-order valence-corrected chi connectivity index (χ0v) is 15.8. The quantitative estimate of drug-likeness (QED) is 0.602. The van der Waals surface area contributed by atoms with E-state index in [-0.39, 0.29) is 5.41 Å². The fraction of sp³-hybridized carbons (Fsp3) is 0.333. The summed E-state index contributed by atoms with van der Waals surface area (Å²) < 4.78 is 2.18. The Labute approximate surface area is 144 Å². The molecule has 0 spiro atoms. The van der Waals surface area contributed by atoms with Crippen LogP contribution >= 0.6 is 31.9 Å². The average Bonchev–Trinajstić information content (AvgIpc) is 2.43. The van der Waals surface area contributed by atoms with Gasteiger partial charge in [0.1, 0.15) is 0 Å². The molecule has 1 N–H and O–H groups in total. The lowest BCUT2D eigenvalue weighted by Gasteiger charge is -2.30. The molecule has 0 saturated heterocycles. The van der Waals surface area contributed by atoms with Gasteiger partial charge in [-0.05, 0) is 58.5 Å². The van der Waals surface area contributed by atoms with Gasteiger partial charge in [0.05, 0.1) is 0 Å². The van der Waals surface area contributed by atoms with Gasteiger partial charge >= 0.3 is 0 Å². The average molecular weight is 411 g/mol. The lowest BCUT2D eigenvalue weighted by Crippen LogP contribution is -2.27. The molecular formula is C18H21Br2N. The highest BCUT2D eigenvalue weighted by Crippen LogP contribution is 2.31. The minimum atomic E-state index is 0.145. The molecule has 3 heteroatoms. The first kappa shape index (κ1) is 16.6. The third kappa shape index (κ3) is 4.58. The maximum absolute atomic E-state index is 3.60. The van der Waals surface area contributed by atoms with Crippen LogP contribution in [0.1, 0.15) is 32.8 Å². The van der Waals surface area contributed by atoms with Crippen molar-refractivity contribution in [1.82, 2.24) is 0 Å². The van der Waals surface area contributed by atoms with Crippen molar-refractivity contribution < 1.29 is 0 Å². The Morgan fingerprint density at radius 2 is 1.71 bits per heavy atom. The lowest BCUT2D eigenvalue weighted by molar-refractivity contribution is 0.450. The second-order valence-electron chi connectivity index (χ2n) is 6.12. The van der Waals surface area contributed by atoms with Crippen molar-refractivity contribution in [3.63, 3.8) is 0 Å². The van der Waals surface area contributed by atoms with Gasteiger partial charge in [-0.25, -0.2) is 0 Å². The second kappa shape index (κ2) is 6.97. The molecule has 1 atom stereocenters. The Bertz CT molecular complexity index is 593. The molecule has 1 unspecified atom stereocenters. The predicted octanol–water partition coefficient (Wildman–Crippen LogP) is 6.38. The largest absolute Gasteiger partial charge is 0.382 e. The molecule has 0 heterocycles. The van der Waals surface area contributed by atoms with Crippen molar-refractivity contribution in [2.24, 2.45) is 0 Å². The van der Waals surface area contributed by atoms with Crippen LogP contribution in [0.2, 0.25) is 0 Å². The van der Waals surface area contributed by atoms with E-state index in [1.54, 1.807) is 0 Å². The van der Waals surface area contributed by atoms with Crippen molar-refractivity contribution in [1.29, 1.82) is 0 Å². The molecule has 1 nitrogen and oxygen atoms in total. The number of benzene rings is 2. The minimum absolute atomic E-state index is 0.145. The Hall–Kier alpha value is -0.800. The monoisotopic (exact) mass is 409 g/mol. The van der Waals surface area contributed by atoms with Crippen LogP contribution in [0.3, 0.4) is 0 Å². The second-order valence-corrected chi connectivity index (χ2v) is 7.89. The fourth-order valence-electron chi connectivity index (χ4n) is 2.70. The highest BCUT2D eigenvalue weighted by Gasteiger charge is 2.23. The van der Waals surface area contributed by atoms with E-state index in [1.807, 2.05) is 6.07 Å². The van der Waals surface area contributed by atoms with Crippen molar-refractivity contribution in [2.75, 3.05) is 5.32 Å². The molecule has 0 aliphatic heterocycles. The molecular weight excluding hydrogens is 390 g/mol. The van der Waals surface area contributed by atoms with E-state index in [4.69, 9.17) is 0 Å². The normalized spacial score (nSPS) is 13.0. The first-order valence-corrected chi connectivity index (χ1v) is 8.74. The van der Waals surface area contributed by atoms with E-state index in [0.29, 0.717) is 6.04 Å². The highest BCUT2D eigenvalue weighted by molar-refractivity contribution is 9.11. The summed E-state index contributed by atoms with van der Waals surface area (Å²) in [6, 6.07) is 17.3. The number of halogens is 2. The summed E-state index contributed by atoms with van der Waals surface area (Å²) in [4.78, 5) is 0. The number of anilines is 1. The van der Waals surface area contributed by atoms with Crippen molar-refractivity contribution in [2.45, 2.75) is 38.6 Å². The van der Waals surface area contributed by atoms with Crippen LogP contribution in [-0.2, 0) is 5.41 Å². The van der Waals surface area contributed by atoms with Crippen LogP contribution in [0.25, 0.3) is 0 Å². The van der Waals surface area contributed by atoms with E-state index in [0.717, 1.165) is 21.1 Å². The van der Waals surface area contributed by atoms with Gasteiger partial charge in [-0.15, -0.1) is 0 Å². The molecule has 0 saturated carbocycles. The molecule has 21 heavy (non-hydrogen) atoms. The van der Waals surface area contributed by atoms with Crippen LogP contribution in [0.5, 0.6) is 0 Å². The van der Waals surface area contributed by atoms with Gasteiger partial charge in [-0.2, -0.15) is 0 Å². The minimum Gasteiger partial charge on any atom is -0.382 e. The first-order valence-electron chi connectivity index (χ1n) is 7.15. The van der Waals surface area contributed by atoms with E-state index in [9.17, 15) is 0 Å². The third-order valence-electron chi connectivity index (χ3n) is 3.70. The molecule has 0 radical (unpaired) electrons. The summed E-state index contributed by atoms with van der Waals surface area (Å²) in [5, 5.41) is 3.60. The van der Waals surface area contributed by atoms with Crippen molar-refractivity contribution >= 4 is 37.5 Å². The summed E-state index contributed by atoms with van der Waals surface area (Å²) in [5.41, 5.74) is 2.65. The van der Waals surface area contributed by atoms with Crippen LogP contribution in [0, 0.1) is 0 Å². The molecule has 0 amide bonds. The SMILES string of the molecule is CC(CC(C)(C)c1ccccc1)Nc1cc(Br)ccc1Br. The summed E-state index contributed by atoms with van der Waals surface area (Å²) in [6.07, 6.45) is 1.07. The van der Waals surface area contributed by atoms with Crippen LogP contribution in [0.4, 0.5) is 5.69 Å². The smallest absolute Gasteiger partial charge is 0.0497 e. The number of hydrogen-bond acceptors (Lipinski definition) is 1. The molecule has 0 fully saturated rings. The third-order valence-corrected chi connectivity index (χ3v) is 4.89. The van der Waals surface area contributed by atoms with Gasteiger partial charge in [0.2, 0.25) is 0 Å². The van der Waals surface area contributed by atoms with Gasteiger partial charge in [0, 0.05) is 20.7 Å². The summed E-state index contributed by atoms with van der Waals surface area (Å²) in [7, 11) is 0. The molecule has 0 aliphatic carbocycles. The van der Waals surface area contributed by atoms with E-state index in [1.165, 1.54) is 5.56 Å². The highest BCUT2D eigenvalue weighted by atomic mass is 79.9. The maximum atomic E-state index is 3.60. The maximum Gasteiger partial charge on any atom is 0.0497 e. The topological polar surface area (TPSA) is 12.0 Å². The summed E-state index contributed by atoms with van der Waals surface area (Å²) >= 11 is 7.12. The van der Waals surface area contributed by atoms with Crippen LogP contribution in [0.15, 0.2) is 57.5 Å². The Balaban J connectivity index is 2.07. The van der Waals surface area contributed by atoms with Gasteiger partial charge in [-0.1, -0.05) is 60.1 Å². The number of hydrogen-bond donors (Lipinski definition) is 1. The zero-order chi connectivity index (χ0) is 15.5. The van der Waals surface area contributed by atoms with Crippen LogP contribution < -0.4 is 5.32 Å². The number of nitrogens with one attached hydrogen (secondary N) is 1. The Morgan fingerprint density at radius 3 is 2.38 bits per heavy atom. The molecule has 2 rings (SSSR count). The lowest BCUT2D eigenvalue weighted by atomic mass is 9.79. The Kier molecular flexibility index (Phi) is 5.50. The molecule has 2 aromatic carbocycles. The molecule has 2 aromatic rings. The molecule has 0 aliphatic rings. The number of rotatable bonds is 5. The van der Waals surface area contributed by atoms with Gasteiger partial charge in [-0.3, -0.25) is 0 Å². The van der Waals surface area contributed by atoms with Gasteiger partial charge in [0.25, 0.3) is 0 Å². The molecule has 0 aromatic heterocycles. The first-order chi connectivity index (χ1) is 9.88. The summed E-state index contributed by atoms with van der Waals surface area (Å²) in [5.74, 6) is 0. The summed E-state index contributed by atoms with van der Waals surface area (Å²) in [6.45, 7) is 6.84. The van der Waals surface area contributed by atoms with Crippen molar-refractivity contribution in [3.05, 3.63) is 63.0 Å². The standard InChI is InChI=1S/C18H21Br2N/c1-13(21-17-11-15(19)9-10-16(17)20)12-18(2,3)14-7-5-4-6-8-14/h4-11,13,21H,12H2,1-3H3. The molecule has 0 bridgehead atoms. The van der Waals surface area contributed by atoms with E-state index in [2.05, 4.69) is 100 Å². The zero-order valence-electron chi connectivity index (χ0n) is 12.7. The molecule has 112 valence electrons. The van der Waals surface area contributed by atoms with Gasteiger partial charge in [0.15, 0.2) is 0 Å². The predicted molar refractivity (Wildman–Crippen MR) is 99.0 cm³/mol. The van der Waals surface area contributed by atoms with E-state index >= 15 is 0 Å². The van der Waals surface area contributed by atoms with Crippen LogP contribution in [-0.4, -0.2) is 6.04 Å².